The normalized spacial score (nSPS) is 17.7. The van der Waals surface area contributed by atoms with Crippen molar-refractivity contribution >= 4 is 40.9 Å². The number of halogens is 1. The number of rotatable bonds is 4. The minimum Gasteiger partial charge on any atom is -0.459 e. The van der Waals surface area contributed by atoms with E-state index in [2.05, 4.69) is 49.4 Å². The zero-order valence-corrected chi connectivity index (χ0v) is 18.8. The van der Waals surface area contributed by atoms with Crippen LogP contribution in [0.5, 0.6) is 0 Å². The molecule has 0 saturated heterocycles. The number of guanidine groups is 1. The van der Waals surface area contributed by atoms with Gasteiger partial charge in [0.15, 0.2) is 5.96 Å². The van der Waals surface area contributed by atoms with E-state index in [0.29, 0.717) is 5.92 Å². The van der Waals surface area contributed by atoms with Crippen LogP contribution in [-0.2, 0) is 13.0 Å². The second kappa shape index (κ2) is 8.93. The number of hydrogen-bond donors (Lipinski definition) is 2. The SMILES string of the molecule is CN=C(NCC1CCc2nnc(C)n2C1)NC(C)c1cc2ccccc2o1.I. The molecule has 7 nitrogen and oxygen atoms in total. The fraction of sp³-hybridized carbons (Fsp3) is 0.450. The van der Waals surface area contributed by atoms with Crippen LogP contribution in [0.1, 0.15) is 36.8 Å². The molecule has 2 unspecified atom stereocenters. The molecule has 2 N–H and O–H groups in total. The van der Waals surface area contributed by atoms with Gasteiger partial charge in [0.1, 0.15) is 23.0 Å². The predicted octanol–water partition coefficient (Wildman–Crippen LogP) is 3.44. The first-order chi connectivity index (χ1) is 13.1. The van der Waals surface area contributed by atoms with Gasteiger partial charge in [-0.1, -0.05) is 18.2 Å². The molecular formula is C20H27IN6O. The fourth-order valence-electron chi connectivity index (χ4n) is 3.62. The summed E-state index contributed by atoms with van der Waals surface area (Å²) in [6.45, 7) is 5.92. The number of para-hydroxylation sites is 1. The Kier molecular flexibility index (Phi) is 6.58. The van der Waals surface area contributed by atoms with Crippen LogP contribution in [0.25, 0.3) is 11.0 Å². The van der Waals surface area contributed by atoms with Crippen LogP contribution >= 0.6 is 24.0 Å². The first-order valence-electron chi connectivity index (χ1n) is 9.48. The number of nitrogens with one attached hydrogen (secondary N) is 2. The van der Waals surface area contributed by atoms with Gasteiger partial charge in [-0.15, -0.1) is 34.2 Å². The standard InChI is InChI=1S/C20H26N6O.HI/c1-13(18-10-16-6-4-5-7-17(16)27-18)23-20(21-3)22-11-15-8-9-19-25-24-14(2)26(19)12-15;/h4-7,10,13,15H,8-9,11-12H2,1-3H3,(H2,21,22,23);1H. The van der Waals surface area contributed by atoms with Crippen molar-refractivity contribution in [3.63, 3.8) is 0 Å². The molecule has 0 fully saturated rings. The van der Waals surface area contributed by atoms with Gasteiger partial charge >= 0.3 is 0 Å². The lowest BCUT2D eigenvalue weighted by molar-refractivity contribution is 0.357. The molecule has 0 aliphatic carbocycles. The second-order valence-electron chi connectivity index (χ2n) is 7.18. The Morgan fingerprint density at radius 2 is 2.18 bits per heavy atom. The highest BCUT2D eigenvalue weighted by atomic mass is 127. The van der Waals surface area contributed by atoms with Crippen LogP contribution in [0.2, 0.25) is 0 Å². The largest absolute Gasteiger partial charge is 0.459 e. The maximum atomic E-state index is 5.95. The van der Waals surface area contributed by atoms with E-state index in [9.17, 15) is 0 Å². The summed E-state index contributed by atoms with van der Waals surface area (Å²) in [5.41, 5.74) is 0.909. The Hall–Kier alpha value is -2.10. The minimum atomic E-state index is 0. The summed E-state index contributed by atoms with van der Waals surface area (Å²) in [6, 6.07) is 10.2. The third kappa shape index (κ3) is 4.31. The number of hydrogen-bond acceptors (Lipinski definition) is 4. The van der Waals surface area contributed by atoms with E-state index in [4.69, 9.17) is 4.42 Å². The Morgan fingerprint density at radius 1 is 1.36 bits per heavy atom. The summed E-state index contributed by atoms with van der Waals surface area (Å²) >= 11 is 0. The first-order valence-corrected chi connectivity index (χ1v) is 9.48. The molecule has 2 atom stereocenters. The first kappa shape index (κ1) is 20.6. The smallest absolute Gasteiger partial charge is 0.191 e. The number of fused-ring (bicyclic) bond motifs is 2. The summed E-state index contributed by atoms with van der Waals surface area (Å²) in [5, 5.41) is 16.4. The zero-order chi connectivity index (χ0) is 18.8. The van der Waals surface area contributed by atoms with Crippen molar-refractivity contribution in [3.8, 4) is 0 Å². The Bertz CT molecular complexity index is 930. The molecule has 1 aliphatic rings. The Labute approximate surface area is 182 Å². The van der Waals surface area contributed by atoms with Crippen molar-refractivity contribution in [3.05, 3.63) is 47.7 Å². The van der Waals surface area contributed by atoms with Crippen molar-refractivity contribution in [1.29, 1.82) is 0 Å². The summed E-state index contributed by atoms with van der Waals surface area (Å²) < 4.78 is 8.18. The van der Waals surface area contributed by atoms with Crippen molar-refractivity contribution in [2.45, 2.75) is 39.3 Å². The molecule has 3 aromatic rings. The predicted molar refractivity (Wildman–Crippen MR) is 121 cm³/mol. The average Bonchev–Trinajstić information content (AvgIpc) is 3.29. The number of nitrogens with zero attached hydrogens (tertiary/aromatic N) is 4. The van der Waals surface area contributed by atoms with Crippen LogP contribution in [0, 0.1) is 12.8 Å². The molecule has 0 bridgehead atoms. The Morgan fingerprint density at radius 3 is 2.96 bits per heavy atom. The molecule has 0 radical (unpaired) electrons. The molecule has 28 heavy (non-hydrogen) atoms. The van der Waals surface area contributed by atoms with Gasteiger partial charge in [0.25, 0.3) is 0 Å². The van der Waals surface area contributed by atoms with Crippen LogP contribution in [-0.4, -0.2) is 34.3 Å². The zero-order valence-electron chi connectivity index (χ0n) is 16.5. The maximum Gasteiger partial charge on any atom is 0.191 e. The highest BCUT2D eigenvalue weighted by Gasteiger charge is 2.22. The van der Waals surface area contributed by atoms with Crippen LogP contribution in [0.15, 0.2) is 39.7 Å². The lowest BCUT2D eigenvalue weighted by atomic mass is 9.99. The molecular weight excluding hydrogens is 467 g/mol. The van der Waals surface area contributed by atoms with Crippen molar-refractivity contribution in [2.24, 2.45) is 10.9 Å². The summed E-state index contributed by atoms with van der Waals surface area (Å²) in [7, 11) is 1.80. The Balaban J connectivity index is 0.00000225. The number of benzene rings is 1. The van der Waals surface area contributed by atoms with E-state index in [-0.39, 0.29) is 30.0 Å². The molecule has 2 aromatic heterocycles. The van der Waals surface area contributed by atoms with Gasteiger partial charge in [0.05, 0.1) is 6.04 Å². The molecule has 8 heteroatoms. The van der Waals surface area contributed by atoms with Crippen LogP contribution in [0.3, 0.4) is 0 Å². The highest BCUT2D eigenvalue weighted by Crippen LogP contribution is 2.23. The molecule has 0 amide bonds. The topological polar surface area (TPSA) is 80.3 Å². The fourth-order valence-corrected chi connectivity index (χ4v) is 3.62. The average molecular weight is 494 g/mol. The van der Waals surface area contributed by atoms with E-state index < -0.39 is 0 Å². The molecule has 150 valence electrons. The van der Waals surface area contributed by atoms with Gasteiger partial charge in [0, 0.05) is 31.9 Å². The second-order valence-corrected chi connectivity index (χ2v) is 7.18. The maximum absolute atomic E-state index is 5.95. The van der Waals surface area contributed by atoms with Crippen molar-refractivity contribution in [1.82, 2.24) is 25.4 Å². The van der Waals surface area contributed by atoms with Gasteiger partial charge in [-0.3, -0.25) is 4.99 Å². The number of aromatic nitrogens is 3. The van der Waals surface area contributed by atoms with Gasteiger partial charge in [-0.2, -0.15) is 0 Å². The molecule has 0 spiro atoms. The number of aliphatic imine (C=N–C) groups is 1. The van der Waals surface area contributed by atoms with Crippen LogP contribution < -0.4 is 10.6 Å². The lowest BCUT2D eigenvalue weighted by Crippen LogP contribution is -2.42. The third-order valence-corrected chi connectivity index (χ3v) is 5.24. The van der Waals surface area contributed by atoms with Gasteiger partial charge in [-0.25, -0.2) is 0 Å². The van der Waals surface area contributed by atoms with Crippen molar-refractivity contribution in [2.75, 3.05) is 13.6 Å². The van der Waals surface area contributed by atoms with Gasteiger partial charge in [0.2, 0.25) is 0 Å². The quantitative estimate of drug-likeness (QED) is 0.330. The lowest BCUT2D eigenvalue weighted by Gasteiger charge is -2.25. The molecule has 1 aliphatic heterocycles. The highest BCUT2D eigenvalue weighted by molar-refractivity contribution is 14.0. The summed E-state index contributed by atoms with van der Waals surface area (Å²) in [5.74, 6) is 4.32. The number of furan rings is 1. The summed E-state index contributed by atoms with van der Waals surface area (Å²) in [6.07, 6.45) is 2.09. The van der Waals surface area contributed by atoms with E-state index in [1.165, 1.54) is 0 Å². The van der Waals surface area contributed by atoms with Crippen LogP contribution in [0.4, 0.5) is 0 Å². The van der Waals surface area contributed by atoms with E-state index in [1.807, 2.05) is 25.1 Å². The molecule has 3 heterocycles. The molecule has 1 aromatic carbocycles. The monoisotopic (exact) mass is 494 g/mol. The van der Waals surface area contributed by atoms with E-state index in [0.717, 1.165) is 60.3 Å². The van der Waals surface area contributed by atoms with Gasteiger partial charge < -0.3 is 19.6 Å². The van der Waals surface area contributed by atoms with E-state index >= 15 is 0 Å². The third-order valence-electron chi connectivity index (χ3n) is 5.24. The number of aryl methyl sites for hydroxylation is 2. The molecule has 0 saturated carbocycles. The summed E-state index contributed by atoms with van der Waals surface area (Å²) in [4.78, 5) is 4.36. The van der Waals surface area contributed by atoms with Gasteiger partial charge in [-0.05, 0) is 38.3 Å². The molecule has 4 rings (SSSR count). The van der Waals surface area contributed by atoms with E-state index in [1.54, 1.807) is 7.05 Å². The van der Waals surface area contributed by atoms with Crippen molar-refractivity contribution < 1.29 is 4.42 Å². The minimum absolute atomic E-state index is 0.